The Hall–Kier alpha value is -5.41. The van der Waals surface area contributed by atoms with Crippen molar-refractivity contribution in [3.05, 3.63) is 36.0 Å². The third-order valence-corrected chi connectivity index (χ3v) is 5.95. The van der Waals surface area contributed by atoms with Gasteiger partial charge in [0.1, 0.15) is 33.8 Å². The predicted octanol–water partition coefficient (Wildman–Crippen LogP) is 7.47. The summed E-state index contributed by atoms with van der Waals surface area (Å²) in [6.45, 7) is 21.1. The van der Waals surface area contributed by atoms with E-state index in [1.807, 2.05) is 0 Å². The van der Waals surface area contributed by atoms with Crippen LogP contribution in [0.4, 0.5) is 30.6 Å². The molecule has 0 radical (unpaired) electrons. The first kappa shape index (κ1) is 41.8. The molecule has 0 spiro atoms. The van der Waals surface area contributed by atoms with Crippen LogP contribution >= 0.6 is 0 Å². The minimum atomic E-state index is -1.08. The van der Waals surface area contributed by atoms with E-state index >= 15 is 0 Å². The summed E-state index contributed by atoms with van der Waals surface area (Å²) >= 11 is 0. The minimum Gasteiger partial charge on any atom is -0.494 e. The average Bonchev–Trinajstić information content (AvgIpc) is 2.90. The molecule has 0 unspecified atom stereocenters. The van der Waals surface area contributed by atoms with E-state index in [2.05, 4.69) is 15.6 Å². The number of amides is 4. The third-order valence-electron chi connectivity index (χ3n) is 5.95. The zero-order chi connectivity index (χ0) is 39.3. The maximum Gasteiger partial charge on any atom is 0.421 e. The molecule has 280 valence electrons. The van der Waals surface area contributed by atoms with E-state index in [4.69, 9.17) is 34.5 Å². The number of rotatable bonds is 4. The molecule has 0 fully saturated rings. The number of nitrogens with one attached hydrogen (secondary N) is 4. The van der Waals surface area contributed by atoms with Crippen molar-refractivity contribution in [1.29, 1.82) is 10.8 Å². The first-order chi connectivity index (χ1) is 23.1. The minimum absolute atomic E-state index is 0.0795. The van der Waals surface area contributed by atoms with Gasteiger partial charge in [-0.05, 0) is 120 Å². The highest BCUT2D eigenvalue weighted by molar-refractivity contribution is 6.19. The van der Waals surface area contributed by atoms with Crippen molar-refractivity contribution < 1.29 is 42.9 Å². The van der Waals surface area contributed by atoms with Gasteiger partial charge in [0.05, 0.1) is 18.5 Å². The number of pyridine rings is 1. The van der Waals surface area contributed by atoms with Gasteiger partial charge in [0.25, 0.3) is 0 Å². The van der Waals surface area contributed by atoms with Crippen LogP contribution in [0.25, 0.3) is 11.3 Å². The predicted molar refractivity (Wildman–Crippen MR) is 193 cm³/mol. The molecule has 16 nitrogen and oxygen atoms in total. The Bertz CT molecular complexity index is 1660. The Morgan fingerprint density at radius 1 is 0.686 bits per heavy atom. The van der Waals surface area contributed by atoms with Gasteiger partial charge in [-0.2, -0.15) is 0 Å². The SMILES string of the molecule is COc1cccnc1-c1cc(N(C(=N)NC(=O)OC(C)(C)C)C(=O)OC(C)(C)C)cc(N(C(=N)NC(=O)OC(C)(C)C)C(=O)OC(C)(C)C)c1C. The van der Waals surface area contributed by atoms with Gasteiger partial charge in [0.2, 0.25) is 11.9 Å². The zero-order valence-corrected chi connectivity index (χ0v) is 31.9. The van der Waals surface area contributed by atoms with Crippen molar-refractivity contribution >= 4 is 47.7 Å². The maximum atomic E-state index is 13.9. The van der Waals surface area contributed by atoms with Gasteiger partial charge in [-0.3, -0.25) is 26.4 Å². The molecule has 1 aromatic carbocycles. The highest BCUT2D eigenvalue weighted by Crippen LogP contribution is 2.39. The Labute approximate surface area is 299 Å². The monoisotopic (exact) mass is 713 g/mol. The van der Waals surface area contributed by atoms with Crippen molar-refractivity contribution in [1.82, 2.24) is 15.6 Å². The van der Waals surface area contributed by atoms with E-state index in [1.54, 1.807) is 102 Å². The highest BCUT2D eigenvalue weighted by atomic mass is 16.6. The molecule has 1 aromatic heterocycles. The molecule has 0 aliphatic rings. The number of hydrogen-bond acceptors (Lipinski definition) is 12. The van der Waals surface area contributed by atoms with Gasteiger partial charge in [-0.15, -0.1) is 0 Å². The molecule has 4 amide bonds. The molecule has 0 aliphatic heterocycles. The second-order valence-electron chi connectivity index (χ2n) is 15.3. The molecule has 51 heavy (non-hydrogen) atoms. The molecule has 0 saturated carbocycles. The van der Waals surface area contributed by atoms with Crippen molar-refractivity contribution in [2.45, 2.75) is 112 Å². The number of alkyl carbamates (subject to hydrolysis) is 2. The molecule has 0 atom stereocenters. The normalized spacial score (nSPS) is 11.8. The van der Waals surface area contributed by atoms with Crippen LogP contribution in [0, 0.1) is 17.7 Å². The molecule has 0 saturated heterocycles. The Morgan fingerprint density at radius 3 is 1.55 bits per heavy atom. The summed E-state index contributed by atoms with van der Waals surface area (Å²) in [4.78, 5) is 59.4. The number of aromatic nitrogens is 1. The van der Waals surface area contributed by atoms with E-state index in [1.165, 1.54) is 25.4 Å². The van der Waals surface area contributed by atoms with E-state index < -0.39 is 58.7 Å². The van der Waals surface area contributed by atoms with Crippen molar-refractivity contribution in [3.8, 4) is 17.0 Å². The van der Waals surface area contributed by atoms with Crippen LogP contribution < -0.4 is 25.2 Å². The average molecular weight is 714 g/mol. The largest absolute Gasteiger partial charge is 0.494 e. The number of hydrogen-bond donors (Lipinski definition) is 4. The lowest BCUT2D eigenvalue weighted by Crippen LogP contribution is -2.51. The summed E-state index contributed by atoms with van der Waals surface area (Å²) in [6.07, 6.45) is -2.71. The van der Waals surface area contributed by atoms with Crippen LogP contribution in [0.3, 0.4) is 0 Å². The van der Waals surface area contributed by atoms with Crippen LogP contribution in [0.2, 0.25) is 0 Å². The van der Waals surface area contributed by atoms with Crippen LogP contribution in [0.15, 0.2) is 30.5 Å². The number of carbonyl (C=O) groups excluding carboxylic acids is 4. The van der Waals surface area contributed by atoms with Gasteiger partial charge in [-0.25, -0.2) is 29.0 Å². The molecule has 2 aromatic rings. The quantitative estimate of drug-likeness (QED) is 0.140. The zero-order valence-electron chi connectivity index (χ0n) is 31.9. The molecular weight excluding hydrogens is 662 g/mol. The topological polar surface area (TPSA) is 206 Å². The lowest BCUT2D eigenvalue weighted by Gasteiger charge is -2.32. The summed E-state index contributed by atoms with van der Waals surface area (Å²) in [7, 11) is 1.43. The summed E-state index contributed by atoms with van der Waals surface area (Å²) in [5.74, 6) is -1.22. The number of guanidine groups is 2. The lowest BCUT2D eigenvalue weighted by molar-refractivity contribution is 0.0539. The molecule has 1 heterocycles. The van der Waals surface area contributed by atoms with Crippen molar-refractivity contribution in [2.75, 3.05) is 16.9 Å². The Kier molecular flexibility index (Phi) is 12.8. The summed E-state index contributed by atoms with van der Waals surface area (Å²) in [6, 6.07) is 6.04. The second kappa shape index (κ2) is 15.6. The van der Waals surface area contributed by atoms with Crippen LogP contribution in [-0.2, 0) is 18.9 Å². The maximum absolute atomic E-state index is 13.9. The Balaban J connectivity index is 3.03. The van der Waals surface area contributed by atoms with Crippen molar-refractivity contribution in [3.63, 3.8) is 0 Å². The fourth-order valence-electron chi connectivity index (χ4n) is 4.21. The number of anilines is 2. The second-order valence-corrected chi connectivity index (χ2v) is 15.3. The lowest BCUT2D eigenvalue weighted by atomic mass is 10.00. The van der Waals surface area contributed by atoms with E-state index in [0.29, 0.717) is 11.3 Å². The van der Waals surface area contributed by atoms with Crippen LogP contribution in [-0.4, -0.2) is 70.8 Å². The van der Waals surface area contributed by atoms with E-state index in [0.717, 1.165) is 9.80 Å². The number of nitrogens with zero attached hydrogens (tertiary/aromatic N) is 3. The number of benzene rings is 1. The van der Waals surface area contributed by atoms with Gasteiger partial charge in [0, 0.05) is 11.8 Å². The Morgan fingerprint density at radius 2 is 1.12 bits per heavy atom. The van der Waals surface area contributed by atoms with Gasteiger partial charge in [-0.1, -0.05) is 0 Å². The first-order valence-electron chi connectivity index (χ1n) is 16.0. The van der Waals surface area contributed by atoms with Crippen LogP contribution in [0.5, 0.6) is 5.75 Å². The molecule has 0 aliphatic carbocycles. The first-order valence-corrected chi connectivity index (χ1v) is 16.0. The number of ether oxygens (including phenoxy) is 5. The smallest absolute Gasteiger partial charge is 0.421 e. The fraction of sp³-hybridized carbons (Fsp3) is 0.514. The summed E-state index contributed by atoms with van der Waals surface area (Å²) in [5, 5.41) is 22.3. The highest BCUT2D eigenvalue weighted by Gasteiger charge is 2.35. The van der Waals surface area contributed by atoms with Crippen LogP contribution in [0.1, 0.15) is 88.6 Å². The van der Waals surface area contributed by atoms with E-state index in [-0.39, 0.29) is 22.6 Å². The molecule has 4 N–H and O–H groups in total. The summed E-state index contributed by atoms with van der Waals surface area (Å²) < 4.78 is 27.5. The standard InChI is InChI=1S/C35H51N7O9/c1-20-22(25-24(47-14)16-15-17-38-25)18-21(41(30(45)50-34(8,9)10)26(36)39-28(43)48-32(2,3)4)19-23(20)42(31(46)51-35(11,12)13)27(37)40-29(44)49-33(5,6)7/h15-19H,1-14H3,(H2,36,39,43)(H2,37,40,44). The number of carbonyl (C=O) groups is 4. The van der Waals surface area contributed by atoms with E-state index in [9.17, 15) is 19.2 Å². The molecular formula is C35H51N7O9. The van der Waals surface area contributed by atoms with Gasteiger partial charge >= 0.3 is 24.4 Å². The summed E-state index contributed by atoms with van der Waals surface area (Å²) in [5.41, 5.74) is -3.33. The molecule has 0 bridgehead atoms. The fourth-order valence-corrected chi connectivity index (χ4v) is 4.21. The third kappa shape index (κ3) is 12.8. The number of methoxy groups -OCH3 is 1. The molecule has 16 heteroatoms. The van der Waals surface area contributed by atoms with Gasteiger partial charge < -0.3 is 23.7 Å². The van der Waals surface area contributed by atoms with Crippen molar-refractivity contribution in [2.24, 2.45) is 0 Å². The van der Waals surface area contributed by atoms with Gasteiger partial charge in [0.15, 0.2) is 0 Å². The molecule has 2 rings (SSSR count).